The van der Waals surface area contributed by atoms with Gasteiger partial charge in [0.25, 0.3) is 0 Å². The Balaban J connectivity index is 1.58. The highest BCUT2D eigenvalue weighted by atomic mass is 16.6. The fraction of sp³-hybridized carbons (Fsp3) is 0. The Morgan fingerprint density at radius 1 is 0.562 bits per heavy atom. The molecule has 0 bridgehead atoms. The van der Waals surface area contributed by atoms with Gasteiger partial charge in [-0.05, 0) is 47.2 Å². The van der Waals surface area contributed by atoms with Crippen LogP contribution in [0.5, 0.6) is 34.5 Å². The summed E-state index contributed by atoms with van der Waals surface area (Å²) in [6.07, 6.45) is 0. The van der Waals surface area contributed by atoms with Crippen molar-refractivity contribution in [3.8, 4) is 34.5 Å². The molecule has 32 heavy (non-hydrogen) atoms. The molecule has 0 aliphatic carbocycles. The second-order valence-corrected chi connectivity index (χ2v) is 6.69. The van der Waals surface area contributed by atoms with Crippen LogP contribution in [0.3, 0.4) is 0 Å². The third-order valence-electron chi connectivity index (χ3n) is 4.54. The van der Waals surface area contributed by atoms with Gasteiger partial charge in [0.1, 0.15) is 23.0 Å². The summed E-state index contributed by atoms with van der Waals surface area (Å²) in [4.78, 5) is 20.2. The van der Waals surface area contributed by atoms with E-state index >= 15 is 0 Å². The number of nitro groups is 2. The number of hydrogen-bond donors (Lipinski definition) is 2. The Morgan fingerprint density at radius 2 is 0.938 bits per heavy atom. The third kappa shape index (κ3) is 4.19. The summed E-state index contributed by atoms with van der Waals surface area (Å²) < 4.78 is 11.4. The number of ether oxygens (including phenoxy) is 2. The predicted molar refractivity (Wildman–Crippen MR) is 114 cm³/mol. The number of rotatable bonds is 6. The number of phenols is 2. The SMILES string of the molecule is O=[N+]([O-])c1ccc(Oc2ccc3ccc(Oc4ccc([N+](=O)[O-])c(O)c4)cc3c2)cc1O. The van der Waals surface area contributed by atoms with Crippen LogP contribution in [0.1, 0.15) is 0 Å². The number of phenolic OH excluding ortho intramolecular Hbond substituents is 2. The van der Waals surface area contributed by atoms with Crippen LogP contribution in [0.2, 0.25) is 0 Å². The lowest BCUT2D eigenvalue weighted by atomic mass is 10.1. The first kappa shape index (κ1) is 20.4. The van der Waals surface area contributed by atoms with E-state index in [1.54, 1.807) is 36.4 Å². The molecule has 0 atom stereocenters. The van der Waals surface area contributed by atoms with Gasteiger partial charge in [-0.25, -0.2) is 0 Å². The molecule has 0 radical (unpaired) electrons. The van der Waals surface area contributed by atoms with Crippen LogP contribution in [0.4, 0.5) is 11.4 Å². The molecule has 4 rings (SSSR count). The van der Waals surface area contributed by atoms with E-state index in [1.165, 1.54) is 12.1 Å². The molecule has 10 nitrogen and oxygen atoms in total. The Labute approximate surface area is 179 Å². The van der Waals surface area contributed by atoms with Crippen molar-refractivity contribution in [1.82, 2.24) is 0 Å². The topological polar surface area (TPSA) is 145 Å². The normalized spacial score (nSPS) is 10.6. The van der Waals surface area contributed by atoms with Gasteiger partial charge in [-0.15, -0.1) is 0 Å². The molecule has 2 N–H and O–H groups in total. The van der Waals surface area contributed by atoms with Gasteiger partial charge < -0.3 is 19.7 Å². The van der Waals surface area contributed by atoms with E-state index in [4.69, 9.17) is 9.47 Å². The second-order valence-electron chi connectivity index (χ2n) is 6.69. The van der Waals surface area contributed by atoms with Gasteiger partial charge in [0.05, 0.1) is 9.85 Å². The summed E-state index contributed by atoms with van der Waals surface area (Å²) in [6.45, 7) is 0. The molecule has 0 unspecified atom stereocenters. The Hall–Kier alpha value is -4.86. The van der Waals surface area contributed by atoms with Crippen LogP contribution < -0.4 is 9.47 Å². The van der Waals surface area contributed by atoms with Crippen molar-refractivity contribution in [3.05, 3.63) is 93.0 Å². The molecule has 0 fully saturated rings. The second kappa shape index (κ2) is 8.11. The summed E-state index contributed by atoms with van der Waals surface area (Å²) in [5.74, 6) is 0.292. The molecule has 0 saturated carbocycles. The minimum atomic E-state index is -0.693. The average Bonchev–Trinajstić information content (AvgIpc) is 2.73. The average molecular weight is 434 g/mol. The molecule has 0 aromatic heterocycles. The lowest BCUT2D eigenvalue weighted by molar-refractivity contribution is -0.386. The van der Waals surface area contributed by atoms with E-state index in [2.05, 4.69) is 0 Å². The van der Waals surface area contributed by atoms with E-state index in [9.17, 15) is 30.4 Å². The summed E-state index contributed by atoms with van der Waals surface area (Å²) in [6, 6.07) is 17.8. The van der Waals surface area contributed by atoms with Gasteiger partial charge in [-0.2, -0.15) is 0 Å². The largest absolute Gasteiger partial charge is 0.502 e. The van der Waals surface area contributed by atoms with Crippen molar-refractivity contribution < 1.29 is 29.5 Å². The number of benzene rings is 4. The Bertz CT molecular complexity index is 1270. The molecule has 4 aromatic carbocycles. The molecular weight excluding hydrogens is 420 g/mol. The standard InChI is InChI=1S/C22H14N2O8/c25-21-11-17(5-7-19(21)23(27)28)31-15-3-1-13-2-4-16(10-14(13)9-15)32-18-6-8-20(24(29)30)22(26)12-18/h1-12,25-26H. The smallest absolute Gasteiger partial charge is 0.310 e. The molecule has 0 amide bonds. The van der Waals surface area contributed by atoms with Gasteiger partial charge in [0.2, 0.25) is 0 Å². The first-order valence-electron chi connectivity index (χ1n) is 9.14. The van der Waals surface area contributed by atoms with Crippen molar-refractivity contribution in [3.63, 3.8) is 0 Å². The van der Waals surface area contributed by atoms with Crippen molar-refractivity contribution in [1.29, 1.82) is 0 Å². The van der Waals surface area contributed by atoms with Crippen LogP contribution >= 0.6 is 0 Å². The zero-order valence-corrected chi connectivity index (χ0v) is 16.2. The number of fused-ring (bicyclic) bond motifs is 1. The lowest BCUT2D eigenvalue weighted by Crippen LogP contribution is -1.90. The molecule has 10 heteroatoms. The van der Waals surface area contributed by atoms with E-state index in [0.29, 0.717) is 11.5 Å². The molecule has 0 aliphatic rings. The molecule has 0 aliphatic heterocycles. The lowest BCUT2D eigenvalue weighted by Gasteiger charge is -2.10. The highest BCUT2D eigenvalue weighted by Crippen LogP contribution is 2.35. The molecule has 0 saturated heterocycles. The van der Waals surface area contributed by atoms with Gasteiger partial charge >= 0.3 is 11.4 Å². The van der Waals surface area contributed by atoms with Crippen LogP contribution in [0.25, 0.3) is 10.8 Å². The Kier molecular flexibility index (Phi) is 5.17. The van der Waals surface area contributed by atoms with Crippen molar-refractivity contribution in [2.24, 2.45) is 0 Å². The number of nitrogens with zero attached hydrogens (tertiary/aromatic N) is 2. The van der Waals surface area contributed by atoms with Crippen LogP contribution in [0, 0.1) is 20.2 Å². The Morgan fingerprint density at radius 3 is 1.31 bits per heavy atom. The van der Waals surface area contributed by atoms with Crippen molar-refractivity contribution in [2.45, 2.75) is 0 Å². The maximum Gasteiger partial charge on any atom is 0.310 e. The minimum absolute atomic E-state index is 0.223. The number of nitro benzene ring substituents is 2. The summed E-state index contributed by atoms with van der Waals surface area (Å²) in [5, 5.41) is 42.8. The highest BCUT2D eigenvalue weighted by Gasteiger charge is 2.15. The first-order chi connectivity index (χ1) is 15.3. The van der Waals surface area contributed by atoms with Gasteiger partial charge in [-0.3, -0.25) is 20.2 Å². The number of aromatic hydroxyl groups is 2. The summed E-state index contributed by atoms with van der Waals surface area (Å²) >= 11 is 0. The van der Waals surface area contributed by atoms with E-state index in [0.717, 1.165) is 35.0 Å². The summed E-state index contributed by atoms with van der Waals surface area (Å²) in [5.41, 5.74) is -0.843. The third-order valence-corrected chi connectivity index (χ3v) is 4.54. The fourth-order valence-electron chi connectivity index (χ4n) is 3.04. The molecular formula is C22H14N2O8. The maximum atomic E-state index is 10.8. The maximum absolute atomic E-state index is 10.8. The summed E-state index contributed by atoms with van der Waals surface area (Å²) in [7, 11) is 0. The van der Waals surface area contributed by atoms with E-state index in [1.807, 2.05) is 0 Å². The first-order valence-corrected chi connectivity index (χ1v) is 9.14. The predicted octanol–water partition coefficient (Wildman–Crippen LogP) is 5.65. The van der Waals surface area contributed by atoms with Crippen molar-refractivity contribution in [2.75, 3.05) is 0 Å². The molecule has 0 heterocycles. The van der Waals surface area contributed by atoms with Crippen LogP contribution in [0.15, 0.2) is 72.8 Å². The van der Waals surface area contributed by atoms with Crippen molar-refractivity contribution >= 4 is 22.1 Å². The zero-order chi connectivity index (χ0) is 22.8. The van der Waals surface area contributed by atoms with Crippen LogP contribution in [-0.4, -0.2) is 20.1 Å². The van der Waals surface area contributed by atoms with Gasteiger partial charge in [0, 0.05) is 24.3 Å². The van der Waals surface area contributed by atoms with Gasteiger partial charge in [0.15, 0.2) is 11.5 Å². The van der Waals surface area contributed by atoms with Gasteiger partial charge in [-0.1, -0.05) is 12.1 Å². The monoisotopic (exact) mass is 434 g/mol. The molecule has 0 spiro atoms. The van der Waals surface area contributed by atoms with E-state index in [-0.39, 0.29) is 11.5 Å². The van der Waals surface area contributed by atoms with Crippen LogP contribution in [-0.2, 0) is 0 Å². The quantitative estimate of drug-likeness (QED) is 0.292. The fourth-order valence-corrected chi connectivity index (χ4v) is 3.04. The molecule has 4 aromatic rings. The highest BCUT2D eigenvalue weighted by molar-refractivity contribution is 5.85. The number of hydrogen-bond acceptors (Lipinski definition) is 8. The molecule has 160 valence electrons. The zero-order valence-electron chi connectivity index (χ0n) is 16.2. The minimum Gasteiger partial charge on any atom is -0.502 e. The van der Waals surface area contributed by atoms with E-state index < -0.39 is 32.7 Å².